The lowest BCUT2D eigenvalue weighted by Gasteiger charge is -2.29. The first-order valence-electron chi connectivity index (χ1n) is 6.59. The van der Waals surface area contributed by atoms with Crippen molar-refractivity contribution in [2.24, 2.45) is 5.41 Å². The van der Waals surface area contributed by atoms with Crippen molar-refractivity contribution in [2.75, 3.05) is 6.54 Å². The molecule has 1 aliphatic rings. The monoisotopic (exact) mass is 231 g/mol. The van der Waals surface area contributed by atoms with Gasteiger partial charge in [0.25, 0.3) is 0 Å². The van der Waals surface area contributed by atoms with Crippen LogP contribution in [0.15, 0.2) is 30.3 Å². The largest absolute Gasteiger partial charge is 0.356 e. The van der Waals surface area contributed by atoms with Crippen LogP contribution in [0.2, 0.25) is 0 Å². The Bertz CT molecular complexity index is 374. The van der Waals surface area contributed by atoms with E-state index in [1.165, 1.54) is 5.56 Å². The van der Waals surface area contributed by atoms with Crippen LogP contribution in [0, 0.1) is 5.41 Å². The fourth-order valence-corrected chi connectivity index (χ4v) is 2.71. The number of benzene rings is 1. The van der Waals surface area contributed by atoms with Crippen LogP contribution in [0.3, 0.4) is 0 Å². The van der Waals surface area contributed by atoms with Crippen molar-refractivity contribution in [3.05, 3.63) is 35.9 Å². The first-order valence-corrected chi connectivity index (χ1v) is 6.59. The van der Waals surface area contributed by atoms with E-state index >= 15 is 0 Å². The van der Waals surface area contributed by atoms with Crippen LogP contribution in [0.25, 0.3) is 0 Å². The molecule has 0 aromatic heterocycles. The fraction of sp³-hybridized carbons (Fsp3) is 0.533. The third-order valence-electron chi connectivity index (χ3n) is 3.91. The summed E-state index contributed by atoms with van der Waals surface area (Å²) >= 11 is 0. The van der Waals surface area contributed by atoms with E-state index in [0.29, 0.717) is 0 Å². The highest BCUT2D eigenvalue weighted by atomic mass is 16.2. The second-order valence-corrected chi connectivity index (χ2v) is 5.01. The molecular weight excluding hydrogens is 210 g/mol. The molecule has 1 N–H and O–H groups in total. The maximum absolute atomic E-state index is 12.3. The van der Waals surface area contributed by atoms with E-state index < -0.39 is 0 Å². The average Bonchev–Trinajstić information content (AvgIpc) is 2.54. The summed E-state index contributed by atoms with van der Waals surface area (Å²) in [6.45, 7) is 2.98. The zero-order valence-corrected chi connectivity index (χ0v) is 10.5. The molecule has 1 amide bonds. The molecule has 17 heavy (non-hydrogen) atoms. The minimum Gasteiger partial charge on any atom is -0.356 e. The number of hydrogen-bond donors (Lipinski definition) is 1. The predicted octanol–water partition coefficient (Wildman–Crippen LogP) is 2.93. The van der Waals surface area contributed by atoms with Crippen LogP contribution in [0.1, 0.15) is 38.2 Å². The summed E-state index contributed by atoms with van der Waals surface area (Å²) in [6, 6.07) is 10.4. The van der Waals surface area contributed by atoms with E-state index in [1.54, 1.807) is 0 Å². The van der Waals surface area contributed by atoms with Crippen molar-refractivity contribution < 1.29 is 4.79 Å². The summed E-state index contributed by atoms with van der Waals surface area (Å²) < 4.78 is 0. The Labute approximate surface area is 103 Å². The Morgan fingerprint density at radius 3 is 2.71 bits per heavy atom. The number of hydrogen-bond acceptors (Lipinski definition) is 1. The van der Waals surface area contributed by atoms with Gasteiger partial charge >= 0.3 is 0 Å². The standard InChI is InChI=1S/C15H21NO/c1-2-15(10-6-7-11-16-14(15)17)12-13-8-4-3-5-9-13/h3-5,8-9H,2,6-7,10-12H2,1H3,(H,16,17)/t15-/m1/s1. The van der Waals surface area contributed by atoms with Gasteiger partial charge in [-0.1, -0.05) is 43.7 Å². The van der Waals surface area contributed by atoms with Gasteiger partial charge in [-0.2, -0.15) is 0 Å². The molecular formula is C15H21NO. The molecule has 1 aromatic carbocycles. The van der Waals surface area contributed by atoms with E-state index in [4.69, 9.17) is 0 Å². The molecule has 0 aliphatic carbocycles. The molecule has 2 heteroatoms. The van der Waals surface area contributed by atoms with Gasteiger partial charge in [0.15, 0.2) is 0 Å². The van der Waals surface area contributed by atoms with E-state index in [1.807, 2.05) is 18.2 Å². The molecule has 1 saturated heterocycles. The van der Waals surface area contributed by atoms with E-state index in [0.717, 1.165) is 38.6 Å². The van der Waals surface area contributed by atoms with Crippen LogP contribution in [0.5, 0.6) is 0 Å². The van der Waals surface area contributed by atoms with E-state index in [-0.39, 0.29) is 11.3 Å². The van der Waals surface area contributed by atoms with Crippen LogP contribution in [-0.2, 0) is 11.2 Å². The zero-order chi connectivity index (χ0) is 12.1. The van der Waals surface area contributed by atoms with Crippen molar-refractivity contribution in [2.45, 2.75) is 39.0 Å². The molecule has 92 valence electrons. The smallest absolute Gasteiger partial charge is 0.226 e. The lowest BCUT2D eigenvalue weighted by molar-refractivity contribution is -0.131. The zero-order valence-electron chi connectivity index (χ0n) is 10.5. The van der Waals surface area contributed by atoms with Crippen LogP contribution in [-0.4, -0.2) is 12.5 Å². The number of rotatable bonds is 3. The highest BCUT2D eigenvalue weighted by Crippen LogP contribution is 2.34. The summed E-state index contributed by atoms with van der Waals surface area (Å²) in [5.41, 5.74) is 1.09. The van der Waals surface area contributed by atoms with Gasteiger partial charge in [-0.05, 0) is 31.2 Å². The topological polar surface area (TPSA) is 29.1 Å². The Kier molecular flexibility index (Phi) is 3.82. The van der Waals surface area contributed by atoms with Gasteiger partial charge in [-0.25, -0.2) is 0 Å². The predicted molar refractivity (Wildman–Crippen MR) is 69.7 cm³/mol. The Morgan fingerprint density at radius 1 is 1.24 bits per heavy atom. The van der Waals surface area contributed by atoms with Crippen molar-refractivity contribution in [1.82, 2.24) is 5.32 Å². The molecule has 2 nitrogen and oxygen atoms in total. The van der Waals surface area contributed by atoms with Crippen LogP contribution in [0.4, 0.5) is 0 Å². The van der Waals surface area contributed by atoms with Gasteiger partial charge in [0.2, 0.25) is 5.91 Å². The van der Waals surface area contributed by atoms with Gasteiger partial charge < -0.3 is 5.32 Å². The number of amides is 1. The molecule has 0 spiro atoms. The molecule has 0 bridgehead atoms. The second kappa shape index (κ2) is 5.35. The average molecular weight is 231 g/mol. The van der Waals surface area contributed by atoms with Gasteiger partial charge in [0.1, 0.15) is 0 Å². The Hall–Kier alpha value is -1.31. The van der Waals surface area contributed by atoms with Crippen LogP contribution >= 0.6 is 0 Å². The van der Waals surface area contributed by atoms with E-state index in [2.05, 4.69) is 24.4 Å². The van der Waals surface area contributed by atoms with Gasteiger partial charge in [0.05, 0.1) is 5.41 Å². The first-order chi connectivity index (χ1) is 8.27. The summed E-state index contributed by atoms with van der Waals surface area (Å²) in [5.74, 6) is 0.251. The SMILES string of the molecule is CC[C@]1(Cc2ccccc2)CCCCNC1=O. The molecule has 1 aromatic rings. The number of carbonyl (C=O) groups is 1. The molecule has 1 heterocycles. The molecule has 0 saturated carbocycles. The van der Waals surface area contributed by atoms with Crippen molar-refractivity contribution in [1.29, 1.82) is 0 Å². The summed E-state index contributed by atoms with van der Waals surface area (Å²) in [5, 5.41) is 3.07. The third kappa shape index (κ3) is 2.68. The van der Waals surface area contributed by atoms with Crippen LogP contribution < -0.4 is 5.32 Å². The Balaban J connectivity index is 2.20. The summed E-state index contributed by atoms with van der Waals surface area (Å²) in [4.78, 5) is 12.3. The van der Waals surface area contributed by atoms with Crippen molar-refractivity contribution in [3.63, 3.8) is 0 Å². The fourth-order valence-electron chi connectivity index (χ4n) is 2.71. The highest BCUT2D eigenvalue weighted by Gasteiger charge is 2.37. The maximum Gasteiger partial charge on any atom is 0.226 e. The van der Waals surface area contributed by atoms with Gasteiger partial charge in [-0.3, -0.25) is 4.79 Å². The minimum atomic E-state index is -0.183. The first kappa shape index (κ1) is 12.2. The van der Waals surface area contributed by atoms with E-state index in [9.17, 15) is 4.79 Å². The molecule has 1 fully saturated rings. The van der Waals surface area contributed by atoms with Gasteiger partial charge in [-0.15, -0.1) is 0 Å². The molecule has 1 aliphatic heterocycles. The quantitative estimate of drug-likeness (QED) is 0.851. The molecule has 2 rings (SSSR count). The highest BCUT2D eigenvalue weighted by molar-refractivity contribution is 5.83. The maximum atomic E-state index is 12.3. The van der Waals surface area contributed by atoms with Crippen molar-refractivity contribution >= 4 is 5.91 Å². The van der Waals surface area contributed by atoms with Crippen molar-refractivity contribution in [3.8, 4) is 0 Å². The molecule has 0 radical (unpaired) electrons. The second-order valence-electron chi connectivity index (χ2n) is 5.01. The number of carbonyl (C=O) groups excluding carboxylic acids is 1. The summed E-state index contributed by atoms with van der Waals surface area (Å²) in [7, 11) is 0. The normalized spacial score (nSPS) is 25.1. The lowest BCUT2D eigenvalue weighted by Crippen LogP contribution is -2.40. The lowest BCUT2D eigenvalue weighted by atomic mass is 9.75. The molecule has 0 unspecified atom stereocenters. The molecule has 1 atom stereocenters. The van der Waals surface area contributed by atoms with Gasteiger partial charge in [0, 0.05) is 6.54 Å². The number of nitrogens with one attached hydrogen (secondary N) is 1. The Morgan fingerprint density at radius 2 is 2.00 bits per heavy atom. The summed E-state index contributed by atoms with van der Waals surface area (Å²) in [6.07, 6.45) is 5.08. The third-order valence-corrected chi connectivity index (χ3v) is 3.91. The minimum absolute atomic E-state index is 0.183.